The van der Waals surface area contributed by atoms with Crippen molar-refractivity contribution < 1.29 is 0 Å². The first-order chi connectivity index (χ1) is 14.9. The van der Waals surface area contributed by atoms with E-state index in [1.54, 1.807) is 9.36 Å². The fraction of sp³-hybridized carbons (Fsp3) is 0.304. The molecule has 4 rings (SSSR count). The van der Waals surface area contributed by atoms with Crippen LogP contribution in [0.25, 0.3) is 11.4 Å². The van der Waals surface area contributed by atoms with Crippen molar-refractivity contribution in [2.45, 2.75) is 44.0 Å². The highest BCUT2D eigenvalue weighted by atomic mass is 32.2. The van der Waals surface area contributed by atoms with E-state index < -0.39 is 0 Å². The van der Waals surface area contributed by atoms with Crippen molar-refractivity contribution >= 4 is 11.8 Å². The lowest BCUT2D eigenvalue weighted by molar-refractivity contribution is 0.630. The molecular formula is C23H26N6OS. The second kappa shape index (κ2) is 8.55. The lowest BCUT2D eigenvalue weighted by Gasteiger charge is -2.12. The second-order valence-corrected chi connectivity index (χ2v) is 9.17. The number of para-hydroxylation sites is 1. The van der Waals surface area contributed by atoms with E-state index >= 15 is 0 Å². The lowest BCUT2D eigenvalue weighted by Crippen LogP contribution is -2.22. The summed E-state index contributed by atoms with van der Waals surface area (Å²) in [6, 6.07) is 18.2. The molecule has 0 fully saturated rings. The maximum absolute atomic E-state index is 13.3. The molecule has 0 aliphatic heterocycles. The molecule has 0 bridgehead atoms. The smallest absolute Gasteiger partial charge is 0.283 e. The van der Waals surface area contributed by atoms with Gasteiger partial charge in [-0.15, -0.1) is 5.10 Å². The van der Waals surface area contributed by atoms with Crippen LogP contribution >= 0.6 is 11.8 Å². The molecule has 2 aromatic heterocycles. The summed E-state index contributed by atoms with van der Waals surface area (Å²) in [6.07, 6.45) is 0. The molecule has 7 nitrogen and oxygen atoms in total. The predicted octanol–water partition coefficient (Wildman–Crippen LogP) is 4.44. The van der Waals surface area contributed by atoms with Gasteiger partial charge in [0.15, 0.2) is 5.69 Å². The standard InChI is InChI=1S/C23H26N6OS/c1-15(2)18-11-13-19(14-12-18)17(4)31-23-24-25-26-28(23)21-16(3)27(5)29(22(21)30)20-9-7-6-8-10-20/h6-15,17H,1-5H3. The molecule has 0 amide bonds. The minimum atomic E-state index is -0.158. The third-order valence-electron chi connectivity index (χ3n) is 5.53. The van der Waals surface area contributed by atoms with Crippen molar-refractivity contribution in [2.75, 3.05) is 0 Å². The number of rotatable bonds is 6. The van der Waals surface area contributed by atoms with E-state index in [0.717, 1.165) is 11.4 Å². The zero-order chi connectivity index (χ0) is 22.1. The molecular weight excluding hydrogens is 408 g/mol. The molecule has 1 atom stereocenters. The van der Waals surface area contributed by atoms with Gasteiger partial charge in [0.1, 0.15) is 0 Å². The van der Waals surface area contributed by atoms with E-state index in [4.69, 9.17) is 0 Å². The zero-order valence-corrected chi connectivity index (χ0v) is 19.2. The van der Waals surface area contributed by atoms with Gasteiger partial charge in [-0.25, -0.2) is 4.68 Å². The number of thioether (sulfide) groups is 1. The average molecular weight is 435 g/mol. The Morgan fingerprint density at radius 3 is 2.23 bits per heavy atom. The molecule has 1 unspecified atom stereocenters. The Labute approximate surface area is 185 Å². The Balaban J connectivity index is 1.68. The Morgan fingerprint density at radius 2 is 1.58 bits per heavy atom. The number of aromatic nitrogens is 6. The number of hydrogen-bond donors (Lipinski definition) is 0. The highest BCUT2D eigenvalue weighted by Gasteiger charge is 2.23. The molecule has 0 aliphatic rings. The fourth-order valence-electron chi connectivity index (χ4n) is 3.57. The van der Waals surface area contributed by atoms with Crippen LogP contribution in [0, 0.1) is 6.92 Å². The summed E-state index contributed by atoms with van der Waals surface area (Å²) in [4.78, 5) is 13.3. The highest BCUT2D eigenvalue weighted by molar-refractivity contribution is 7.99. The van der Waals surface area contributed by atoms with Crippen LogP contribution in [0.3, 0.4) is 0 Å². The summed E-state index contributed by atoms with van der Waals surface area (Å²) >= 11 is 1.54. The molecule has 0 aliphatic carbocycles. The van der Waals surface area contributed by atoms with Crippen LogP contribution in [0.15, 0.2) is 64.5 Å². The molecule has 0 radical (unpaired) electrons. The van der Waals surface area contributed by atoms with Crippen LogP contribution in [0.1, 0.15) is 48.8 Å². The second-order valence-electron chi connectivity index (χ2n) is 7.86. The Hall–Kier alpha value is -3.13. The SMILES string of the molecule is Cc1c(-n2nnnc2SC(C)c2ccc(C(C)C)cc2)c(=O)n(-c2ccccc2)n1C. The Kier molecular flexibility index (Phi) is 5.82. The Morgan fingerprint density at radius 1 is 0.935 bits per heavy atom. The van der Waals surface area contributed by atoms with Crippen molar-refractivity contribution in [3.63, 3.8) is 0 Å². The molecule has 2 aromatic carbocycles. The maximum Gasteiger partial charge on any atom is 0.297 e. The van der Waals surface area contributed by atoms with Gasteiger partial charge in [-0.1, -0.05) is 68.1 Å². The summed E-state index contributed by atoms with van der Waals surface area (Å²) in [7, 11) is 1.86. The first-order valence-electron chi connectivity index (χ1n) is 10.3. The van der Waals surface area contributed by atoms with E-state index in [0.29, 0.717) is 16.8 Å². The van der Waals surface area contributed by atoms with Gasteiger partial charge in [-0.05, 0) is 53.5 Å². The van der Waals surface area contributed by atoms with Gasteiger partial charge in [0.05, 0.1) is 11.4 Å². The predicted molar refractivity (Wildman–Crippen MR) is 123 cm³/mol. The van der Waals surface area contributed by atoms with E-state index in [2.05, 4.69) is 60.6 Å². The maximum atomic E-state index is 13.3. The number of nitrogens with zero attached hydrogens (tertiary/aromatic N) is 6. The summed E-state index contributed by atoms with van der Waals surface area (Å²) in [6.45, 7) is 8.39. The summed E-state index contributed by atoms with van der Waals surface area (Å²) in [5.41, 5.74) is 4.39. The van der Waals surface area contributed by atoms with Gasteiger partial charge < -0.3 is 0 Å². The molecule has 31 heavy (non-hydrogen) atoms. The molecule has 8 heteroatoms. The van der Waals surface area contributed by atoms with Gasteiger partial charge in [0, 0.05) is 12.3 Å². The normalized spacial score (nSPS) is 12.5. The van der Waals surface area contributed by atoms with Gasteiger partial charge in [-0.2, -0.15) is 4.68 Å². The fourth-order valence-corrected chi connectivity index (χ4v) is 4.49. The van der Waals surface area contributed by atoms with Crippen LogP contribution in [-0.2, 0) is 7.05 Å². The van der Waals surface area contributed by atoms with Crippen LogP contribution in [0.4, 0.5) is 0 Å². The molecule has 2 heterocycles. The molecule has 0 N–H and O–H groups in total. The highest BCUT2D eigenvalue weighted by Crippen LogP contribution is 2.34. The number of tetrazole rings is 1. The number of hydrogen-bond acceptors (Lipinski definition) is 5. The molecule has 4 aromatic rings. The quantitative estimate of drug-likeness (QED) is 0.420. The molecule has 0 spiro atoms. The summed E-state index contributed by atoms with van der Waals surface area (Å²) < 4.78 is 5.02. The molecule has 0 saturated heterocycles. The molecule has 160 valence electrons. The largest absolute Gasteiger partial charge is 0.297 e. The zero-order valence-electron chi connectivity index (χ0n) is 18.4. The minimum Gasteiger partial charge on any atom is -0.283 e. The summed E-state index contributed by atoms with van der Waals surface area (Å²) in [5, 5.41) is 12.9. The lowest BCUT2D eigenvalue weighted by atomic mass is 10.0. The van der Waals surface area contributed by atoms with Crippen molar-refractivity contribution in [3.05, 3.63) is 81.8 Å². The van der Waals surface area contributed by atoms with Crippen LogP contribution in [0.2, 0.25) is 0 Å². The van der Waals surface area contributed by atoms with Crippen LogP contribution < -0.4 is 5.56 Å². The third kappa shape index (κ3) is 3.95. The van der Waals surface area contributed by atoms with Gasteiger partial charge in [0.25, 0.3) is 5.56 Å². The van der Waals surface area contributed by atoms with E-state index in [1.807, 2.05) is 49.0 Å². The van der Waals surface area contributed by atoms with Crippen molar-refractivity contribution in [3.8, 4) is 11.4 Å². The average Bonchev–Trinajstić information content (AvgIpc) is 3.30. The first-order valence-corrected chi connectivity index (χ1v) is 11.2. The van der Waals surface area contributed by atoms with Crippen LogP contribution in [0.5, 0.6) is 0 Å². The van der Waals surface area contributed by atoms with E-state index in [-0.39, 0.29) is 10.8 Å². The Bertz CT molecular complexity index is 1240. The third-order valence-corrected chi connectivity index (χ3v) is 6.62. The first kappa shape index (κ1) is 21.1. The topological polar surface area (TPSA) is 70.5 Å². The van der Waals surface area contributed by atoms with Crippen molar-refractivity contribution in [1.82, 2.24) is 29.6 Å². The minimum absolute atomic E-state index is 0.131. The number of benzene rings is 2. The van der Waals surface area contributed by atoms with E-state index in [1.165, 1.54) is 22.9 Å². The van der Waals surface area contributed by atoms with Gasteiger partial charge in [0.2, 0.25) is 5.16 Å². The molecule has 0 saturated carbocycles. The van der Waals surface area contributed by atoms with Crippen LogP contribution in [-0.4, -0.2) is 29.6 Å². The van der Waals surface area contributed by atoms with Gasteiger partial charge >= 0.3 is 0 Å². The van der Waals surface area contributed by atoms with Crippen molar-refractivity contribution in [1.29, 1.82) is 0 Å². The monoisotopic (exact) mass is 434 g/mol. The van der Waals surface area contributed by atoms with Gasteiger partial charge in [-0.3, -0.25) is 9.48 Å². The van der Waals surface area contributed by atoms with E-state index in [9.17, 15) is 4.79 Å². The van der Waals surface area contributed by atoms with Crippen molar-refractivity contribution in [2.24, 2.45) is 7.05 Å². The summed E-state index contributed by atoms with van der Waals surface area (Å²) in [5.74, 6) is 0.497.